The zero-order valence-electron chi connectivity index (χ0n) is 21.4. The van der Waals surface area contributed by atoms with Crippen molar-refractivity contribution < 1.29 is 33.9 Å². The molecule has 0 aromatic rings. The Bertz CT molecular complexity index is 849. The van der Waals surface area contributed by atoms with Gasteiger partial charge in [-0.05, 0) is 26.0 Å². The first-order chi connectivity index (χ1) is 18.2. The maximum Gasteiger partial charge on any atom is 0.326 e. The second-order valence-electron chi connectivity index (χ2n) is 7.25. The molecule has 4 N–H and O–H groups in total. The molecule has 12 nitrogen and oxygen atoms in total. The first-order valence-corrected chi connectivity index (χ1v) is 15.7. The summed E-state index contributed by atoms with van der Waals surface area (Å²) in [6.45, 7) is 2.11. The molecule has 1 unspecified atom stereocenters. The number of nitrogens with zero attached hydrogens (tertiary/aromatic N) is 2. The minimum Gasteiger partial charge on any atom is -0.480 e. The summed E-state index contributed by atoms with van der Waals surface area (Å²) in [5.74, 6) is -1.88. The van der Waals surface area contributed by atoms with E-state index in [2.05, 4.69) is 26.2 Å². The molecule has 0 aliphatic heterocycles. The molecule has 16 heteroatoms. The van der Waals surface area contributed by atoms with Crippen LogP contribution in [0.15, 0.2) is 10.1 Å². The molecule has 0 aromatic heterocycles. The van der Waals surface area contributed by atoms with Crippen molar-refractivity contribution >= 4 is 91.6 Å². The highest BCUT2D eigenvalue weighted by atomic mass is 33.1. The van der Waals surface area contributed by atoms with Crippen molar-refractivity contribution in [2.75, 3.05) is 30.3 Å². The lowest BCUT2D eigenvalue weighted by Gasteiger charge is -2.13. The molecule has 0 saturated carbocycles. The van der Waals surface area contributed by atoms with Gasteiger partial charge in [-0.1, -0.05) is 32.4 Å². The number of Topliss-reactive ketones (excluding diaryl/α,β-unsaturated/α-hetero) is 2. The number of carboxylic acids is 1. The van der Waals surface area contributed by atoms with Crippen LogP contribution in [0.2, 0.25) is 0 Å². The zero-order valence-corrected chi connectivity index (χ0v) is 23.7. The van der Waals surface area contributed by atoms with Crippen molar-refractivity contribution in [1.82, 2.24) is 16.1 Å². The second kappa shape index (κ2) is 23.1. The van der Waals surface area contributed by atoms with E-state index in [0.717, 1.165) is 28.6 Å². The number of aliphatic imine (C=N–C) groups is 1. The van der Waals surface area contributed by atoms with E-state index in [1.165, 1.54) is 27.8 Å². The molecule has 0 saturated heterocycles. The molecule has 0 fully saturated rings. The maximum absolute atomic E-state index is 12.0. The van der Waals surface area contributed by atoms with Crippen molar-refractivity contribution in [2.24, 2.45) is 10.1 Å². The number of thiol groups is 1. The van der Waals surface area contributed by atoms with E-state index in [4.69, 9.17) is 1.12 Å². The van der Waals surface area contributed by atoms with Gasteiger partial charge in [0.2, 0.25) is 17.7 Å². The van der Waals surface area contributed by atoms with Crippen LogP contribution in [0.1, 0.15) is 45.4 Å². The number of hydrogen-bond acceptors (Lipinski definition) is 12. The molecular formula is C21H33N5O7S4. The fourth-order valence-electron chi connectivity index (χ4n) is 2.39. The molecule has 208 valence electrons. The summed E-state index contributed by atoms with van der Waals surface area (Å²) in [4.78, 5) is 73.8. The van der Waals surface area contributed by atoms with Crippen molar-refractivity contribution in [3.63, 3.8) is 0 Å². The lowest BCUT2D eigenvalue weighted by Crippen LogP contribution is -2.41. The molecule has 37 heavy (non-hydrogen) atoms. The molecule has 0 spiro atoms. The molecule has 0 heterocycles. The Kier molecular flexibility index (Phi) is 20.6. The number of carboxylic acid groups (broad SMARTS) is 1. The third kappa shape index (κ3) is 21.7. The van der Waals surface area contributed by atoms with E-state index in [0.29, 0.717) is 24.5 Å². The number of carbonyl (C=O) groups excluding carboxylic acids is 5. The highest BCUT2D eigenvalue weighted by Crippen LogP contribution is 2.21. The summed E-state index contributed by atoms with van der Waals surface area (Å²) in [5, 5.41) is 17.9. The first kappa shape index (κ1) is 33.0. The predicted octanol–water partition coefficient (Wildman–Crippen LogP) is 1.30. The molecule has 0 rings (SSSR count). The standard InChI is InChI=1S/C21H33N5O7S4/c1-2-22-12-15(27)6-7-17(21(32)33)25-20(31)14-37-36-10-8-16(28)13-24-26-19(30)5-3-4-18(29)23-9-11-35-34/h2,13,17,34H,3-12,14H2,1H3,(H,23,29)(H,25,31)(H,26,30)(H,32,33)/b22-2?,24-13+/i/hT. The number of amides is 3. The van der Waals surface area contributed by atoms with Gasteiger partial charge in [-0.15, -0.1) is 11.6 Å². The summed E-state index contributed by atoms with van der Waals surface area (Å²) in [7, 11) is 3.73. The van der Waals surface area contributed by atoms with E-state index in [1.54, 1.807) is 6.92 Å². The lowest BCUT2D eigenvalue weighted by atomic mass is 10.1. The van der Waals surface area contributed by atoms with Crippen LogP contribution in [0.5, 0.6) is 0 Å². The Balaban J connectivity index is 3.97. The lowest BCUT2D eigenvalue weighted by molar-refractivity contribution is -0.141. The van der Waals surface area contributed by atoms with Gasteiger partial charge in [-0.2, -0.15) is 5.10 Å². The number of ketones is 2. The zero-order chi connectivity index (χ0) is 28.6. The number of rotatable bonds is 23. The Labute approximate surface area is 234 Å². The van der Waals surface area contributed by atoms with Crippen LogP contribution in [0.3, 0.4) is 0 Å². The van der Waals surface area contributed by atoms with Crippen LogP contribution in [-0.4, -0.2) is 90.3 Å². The van der Waals surface area contributed by atoms with Gasteiger partial charge in [-0.25, -0.2) is 10.2 Å². The summed E-state index contributed by atoms with van der Waals surface area (Å²) in [6, 6.07) is -1.17. The molecule has 0 aliphatic rings. The predicted molar refractivity (Wildman–Crippen MR) is 152 cm³/mol. The average molecular weight is 598 g/mol. The van der Waals surface area contributed by atoms with Gasteiger partial charge < -0.3 is 15.7 Å². The molecule has 0 aliphatic carbocycles. The van der Waals surface area contributed by atoms with E-state index in [1.807, 2.05) is 0 Å². The quantitative estimate of drug-likeness (QED) is 0.0378. The minimum atomic E-state index is -1.23. The molecule has 3 amide bonds. The van der Waals surface area contributed by atoms with Crippen molar-refractivity contribution in [1.29, 1.82) is 1.12 Å². The SMILES string of the molecule is [3H]SSCCNC(=O)CCCC(=O)N/N=C/C(=O)CCSSCC(=O)NC(CCC(=O)CN=CC)C(=O)O. The number of aliphatic carboxylic acids is 1. The van der Waals surface area contributed by atoms with E-state index < -0.39 is 23.8 Å². The van der Waals surface area contributed by atoms with Gasteiger partial charge in [0.1, 0.15) is 7.17 Å². The van der Waals surface area contributed by atoms with Crippen LogP contribution in [0.4, 0.5) is 0 Å². The normalized spacial score (nSPS) is 12.2. The number of carbonyl (C=O) groups is 6. The Morgan fingerprint density at radius 1 is 1.03 bits per heavy atom. The highest BCUT2D eigenvalue weighted by molar-refractivity contribution is 8.76. The molecule has 0 aromatic carbocycles. The van der Waals surface area contributed by atoms with Crippen LogP contribution in [0, 0.1) is 0 Å². The van der Waals surface area contributed by atoms with Gasteiger partial charge in [0, 0.05) is 43.7 Å². The third-order valence-corrected chi connectivity index (χ3v) is 7.36. The van der Waals surface area contributed by atoms with Crippen LogP contribution >= 0.6 is 43.9 Å². The van der Waals surface area contributed by atoms with Gasteiger partial charge in [0.05, 0.1) is 18.5 Å². The Hall–Kier alpha value is -2.04. The Morgan fingerprint density at radius 3 is 2.49 bits per heavy atom. The summed E-state index contributed by atoms with van der Waals surface area (Å²) in [6.07, 6.45) is 3.17. The van der Waals surface area contributed by atoms with Crippen LogP contribution < -0.4 is 16.1 Å². The number of hydrazone groups is 1. The third-order valence-electron chi connectivity index (χ3n) is 4.21. The van der Waals surface area contributed by atoms with E-state index in [-0.39, 0.29) is 61.9 Å². The highest BCUT2D eigenvalue weighted by Gasteiger charge is 2.20. The Morgan fingerprint density at radius 2 is 1.78 bits per heavy atom. The monoisotopic (exact) mass is 597 g/mol. The van der Waals surface area contributed by atoms with E-state index in [9.17, 15) is 33.9 Å². The van der Waals surface area contributed by atoms with Crippen molar-refractivity contribution in [2.45, 2.75) is 51.5 Å². The minimum absolute atomic E-state index is 0.00904. The number of hydrogen-bond donors (Lipinski definition) is 5. The molecule has 0 bridgehead atoms. The average Bonchev–Trinajstić information content (AvgIpc) is 2.87. The second-order valence-corrected chi connectivity index (χ2v) is 11.2. The summed E-state index contributed by atoms with van der Waals surface area (Å²) in [5.41, 5.74) is 2.23. The largest absolute Gasteiger partial charge is 0.480 e. The van der Waals surface area contributed by atoms with Gasteiger partial charge in [0.15, 0.2) is 11.6 Å². The van der Waals surface area contributed by atoms with Crippen molar-refractivity contribution in [3.8, 4) is 0 Å². The fourth-order valence-corrected chi connectivity index (χ4v) is 4.68. The van der Waals surface area contributed by atoms with Crippen LogP contribution in [0.25, 0.3) is 0 Å². The summed E-state index contributed by atoms with van der Waals surface area (Å²) < 4.78 is 6.90. The van der Waals surface area contributed by atoms with Crippen molar-refractivity contribution in [3.05, 3.63) is 0 Å². The molecule has 0 radical (unpaired) electrons. The van der Waals surface area contributed by atoms with Gasteiger partial charge in [0.25, 0.3) is 0 Å². The van der Waals surface area contributed by atoms with Gasteiger partial charge in [-0.3, -0.25) is 29.0 Å². The molecule has 1 atom stereocenters. The van der Waals surface area contributed by atoms with E-state index >= 15 is 0 Å². The van der Waals surface area contributed by atoms with Gasteiger partial charge >= 0.3 is 5.97 Å². The first-order valence-electron chi connectivity index (χ1n) is 11.7. The van der Waals surface area contributed by atoms with Crippen LogP contribution in [-0.2, 0) is 28.8 Å². The topological polar surface area (TPSA) is 183 Å². The summed E-state index contributed by atoms with van der Waals surface area (Å²) >= 11 is 0.879. The number of nitrogens with one attached hydrogen (secondary N) is 3. The maximum atomic E-state index is 12.0. The fraction of sp³-hybridized carbons (Fsp3) is 0.619. The smallest absolute Gasteiger partial charge is 0.326 e. The molecular weight excluding hydrogens is 563 g/mol.